The number of hydrogen-bond donors (Lipinski definition) is 3. The van der Waals surface area contributed by atoms with Crippen molar-refractivity contribution >= 4 is 32.3 Å². The first-order valence-electron chi connectivity index (χ1n) is 5.79. The van der Waals surface area contributed by atoms with Crippen molar-refractivity contribution in [1.29, 1.82) is 0 Å². The Kier molecular flexibility index (Phi) is 3.87. The Bertz CT molecular complexity index is 685. The molecule has 19 heavy (non-hydrogen) atoms. The largest absolute Gasteiger partial charge is 0.397 e. The number of nitrogens with zero attached hydrogens (tertiary/aromatic N) is 1. The van der Waals surface area contributed by atoms with E-state index in [-0.39, 0.29) is 0 Å². The lowest BCUT2D eigenvalue weighted by Crippen LogP contribution is -2.27. The summed E-state index contributed by atoms with van der Waals surface area (Å²) in [5.41, 5.74) is 8.27. The van der Waals surface area contributed by atoms with Gasteiger partial charge >= 0.3 is 0 Å². The van der Waals surface area contributed by atoms with Crippen LogP contribution in [0.15, 0.2) is 30.5 Å². The van der Waals surface area contributed by atoms with Crippen LogP contribution in [-0.2, 0) is 10.0 Å². The number of pyridine rings is 1. The van der Waals surface area contributed by atoms with Gasteiger partial charge in [0.25, 0.3) is 0 Å². The van der Waals surface area contributed by atoms with Crippen molar-refractivity contribution < 1.29 is 8.42 Å². The summed E-state index contributed by atoms with van der Waals surface area (Å²) < 4.78 is 24.2. The Labute approximate surface area is 112 Å². The molecule has 0 aliphatic rings. The summed E-state index contributed by atoms with van der Waals surface area (Å²) in [6.07, 6.45) is 2.84. The van der Waals surface area contributed by atoms with Crippen molar-refractivity contribution in [3.63, 3.8) is 0 Å². The summed E-state index contributed by atoms with van der Waals surface area (Å²) >= 11 is 0. The Morgan fingerprint density at radius 1 is 1.26 bits per heavy atom. The summed E-state index contributed by atoms with van der Waals surface area (Å²) in [4.78, 5) is 4.21. The molecule has 4 N–H and O–H groups in total. The fraction of sp³-hybridized carbons (Fsp3) is 0.250. The number of aromatic nitrogens is 1. The quantitative estimate of drug-likeness (QED) is 0.555. The number of anilines is 2. The number of fused-ring (bicyclic) bond motifs is 1. The van der Waals surface area contributed by atoms with Crippen LogP contribution in [0.25, 0.3) is 10.9 Å². The van der Waals surface area contributed by atoms with Gasteiger partial charge in [0.1, 0.15) is 0 Å². The molecule has 0 radical (unpaired) electrons. The lowest BCUT2D eigenvalue weighted by Gasteiger charge is -2.11. The van der Waals surface area contributed by atoms with Gasteiger partial charge in [0.05, 0.1) is 23.1 Å². The molecule has 0 atom stereocenters. The minimum Gasteiger partial charge on any atom is -0.397 e. The number of sulfonamides is 1. The minimum atomic E-state index is -3.15. The second-order valence-electron chi connectivity index (χ2n) is 4.19. The van der Waals surface area contributed by atoms with E-state index < -0.39 is 10.0 Å². The van der Waals surface area contributed by atoms with Gasteiger partial charge in [0.15, 0.2) is 0 Å². The lowest BCUT2D eigenvalue weighted by molar-refractivity contribution is 0.589. The van der Waals surface area contributed by atoms with Crippen LogP contribution in [0.3, 0.4) is 0 Å². The van der Waals surface area contributed by atoms with Crippen LogP contribution >= 0.6 is 0 Å². The van der Waals surface area contributed by atoms with Crippen LogP contribution in [0.4, 0.5) is 11.4 Å². The zero-order valence-corrected chi connectivity index (χ0v) is 11.4. The topological polar surface area (TPSA) is 97.1 Å². The molecule has 0 aliphatic heterocycles. The fourth-order valence-corrected chi connectivity index (χ4v) is 2.24. The third-order valence-corrected chi connectivity index (χ3v) is 3.36. The maximum atomic E-state index is 10.9. The van der Waals surface area contributed by atoms with Crippen LogP contribution in [0, 0.1) is 0 Å². The van der Waals surface area contributed by atoms with Crippen molar-refractivity contribution in [2.45, 2.75) is 0 Å². The standard InChI is InChI=1S/C12H16N4O2S/c1-19(17,18)16-8-7-15-11-5-4-10-9(12(11)13)3-2-6-14-10/h2-6,15-16H,7-8,13H2,1H3. The highest BCUT2D eigenvalue weighted by molar-refractivity contribution is 7.88. The van der Waals surface area contributed by atoms with Gasteiger partial charge in [-0.25, -0.2) is 13.1 Å². The molecule has 0 amide bonds. The maximum Gasteiger partial charge on any atom is 0.208 e. The third-order valence-electron chi connectivity index (χ3n) is 2.63. The molecule has 1 heterocycles. The molecule has 0 spiro atoms. The normalized spacial score (nSPS) is 11.6. The van der Waals surface area contributed by atoms with Crippen LogP contribution in [0.1, 0.15) is 0 Å². The predicted molar refractivity (Wildman–Crippen MR) is 77.5 cm³/mol. The molecule has 0 saturated heterocycles. The van der Waals surface area contributed by atoms with Gasteiger partial charge in [-0.05, 0) is 24.3 Å². The number of benzene rings is 1. The van der Waals surface area contributed by atoms with E-state index in [1.165, 1.54) is 0 Å². The van der Waals surface area contributed by atoms with Crippen LogP contribution in [0.5, 0.6) is 0 Å². The molecule has 1 aromatic carbocycles. The smallest absolute Gasteiger partial charge is 0.208 e. The molecule has 0 unspecified atom stereocenters. The minimum absolute atomic E-state index is 0.309. The highest BCUT2D eigenvalue weighted by Gasteiger charge is 2.05. The molecule has 0 bridgehead atoms. The van der Waals surface area contributed by atoms with Crippen molar-refractivity contribution in [3.05, 3.63) is 30.5 Å². The monoisotopic (exact) mass is 280 g/mol. The highest BCUT2D eigenvalue weighted by atomic mass is 32.2. The molecular formula is C12H16N4O2S. The van der Waals surface area contributed by atoms with Gasteiger partial charge in [-0.3, -0.25) is 4.98 Å². The van der Waals surface area contributed by atoms with Gasteiger partial charge < -0.3 is 11.1 Å². The number of rotatable bonds is 5. The number of nitrogens with one attached hydrogen (secondary N) is 2. The van der Waals surface area contributed by atoms with E-state index in [0.29, 0.717) is 18.8 Å². The van der Waals surface area contributed by atoms with E-state index in [2.05, 4.69) is 15.0 Å². The summed E-state index contributed by atoms with van der Waals surface area (Å²) in [6, 6.07) is 7.44. The Morgan fingerprint density at radius 3 is 2.79 bits per heavy atom. The number of nitrogens with two attached hydrogens (primary N) is 1. The van der Waals surface area contributed by atoms with Gasteiger partial charge in [-0.2, -0.15) is 0 Å². The first-order chi connectivity index (χ1) is 8.97. The van der Waals surface area contributed by atoms with E-state index in [9.17, 15) is 8.42 Å². The molecule has 0 fully saturated rings. The van der Waals surface area contributed by atoms with E-state index in [1.807, 2.05) is 24.3 Å². The van der Waals surface area contributed by atoms with Gasteiger partial charge in [-0.15, -0.1) is 0 Å². The molecule has 2 rings (SSSR count). The van der Waals surface area contributed by atoms with Crippen LogP contribution in [-0.4, -0.2) is 32.7 Å². The SMILES string of the molecule is CS(=O)(=O)NCCNc1ccc2ncccc2c1N. The summed E-state index contributed by atoms with van der Waals surface area (Å²) in [5.74, 6) is 0. The molecule has 2 aromatic rings. The van der Waals surface area contributed by atoms with E-state index >= 15 is 0 Å². The zero-order chi connectivity index (χ0) is 13.9. The molecular weight excluding hydrogens is 264 g/mol. The highest BCUT2D eigenvalue weighted by Crippen LogP contribution is 2.26. The third kappa shape index (κ3) is 3.55. The molecule has 0 saturated carbocycles. The molecule has 102 valence electrons. The second-order valence-corrected chi connectivity index (χ2v) is 6.02. The Balaban J connectivity index is 2.07. The summed E-state index contributed by atoms with van der Waals surface area (Å²) in [7, 11) is -3.15. The summed E-state index contributed by atoms with van der Waals surface area (Å²) in [5, 5.41) is 3.98. The molecule has 6 nitrogen and oxygen atoms in total. The van der Waals surface area contributed by atoms with Crippen LogP contribution < -0.4 is 15.8 Å². The number of hydrogen-bond acceptors (Lipinski definition) is 5. The maximum absolute atomic E-state index is 10.9. The number of nitrogen functional groups attached to an aromatic ring is 1. The van der Waals surface area contributed by atoms with E-state index in [0.717, 1.165) is 22.8 Å². The average Bonchev–Trinajstić information content (AvgIpc) is 2.36. The summed E-state index contributed by atoms with van der Waals surface area (Å²) in [6.45, 7) is 0.770. The first-order valence-corrected chi connectivity index (χ1v) is 7.68. The predicted octanol–water partition coefficient (Wildman–Crippen LogP) is 0.778. The van der Waals surface area contributed by atoms with Crippen molar-refractivity contribution in [1.82, 2.24) is 9.71 Å². The fourth-order valence-electron chi connectivity index (χ4n) is 1.76. The molecule has 7 heteroatoms. The van der Waals surface area contributed by atoms with E-state index in [4.69, 9.17) is 5.73 Å². The van der Waals surface area contributed by atoms with Crippen molar-refractivity contribution in [2.24, 2.45) is 0 Å². The van der Waals surface area contributed by atoms with Crippen molar-refractivity contribution in [3.8, 4) is 0 Å². The second kappa shape index (κ2) is 5.41. The van der Waals surface area contributed by atoms with Gasteiger partial charge in [-0.1, -0.05) is 0 Å². The van der Waals surface area contributed by atoms with Gasteiger partial charge in [0.2, 0.25) is 10.0 Å². The molecule has 1 aromatic heterocycles. The van der Waals surface area contributed by atoms with E-state index in [1.54, 1.807) is 6.20 Å². The lowest BCUT2D eigenvalue weighted by atomic mass is 10.1. The first kappa shape index (κ1) is 13.6. The zero-order valence-electron chi connectivity index (χ0n) is 10.6. The van der Waals surface area contributed by atoms with Crippen molar-refractivity contribution in [2.75, 3.05) is 30.4 Å². The average molecular weight is 280 g/mol. The van der Waals surface area contributed by atoms with Crippen LogP contribution in [0.2, 0.25) is 0 Å². The Morgan fingerprint density at radius 2 is 2.05 bits per heavy atom. The Hall–Kier alpha value is -1.86. The molecule has 0 aliphatic carbocycles. The van der Waals surface area contributed by atoms with Gasteiger partial charge in [0, 0.05) is 24.7 Å².